The molecular weight excluding hydrogens is 651 g/mol. The summed E-state index contributed by atoms with van der Waals surface area (Å²) in [5.41, 5.74) is 7.59. The topological polar surface area (TPSA) is 115 Å². The number of hydrogen-bond donors (Lipinski definition) is 3. The first-order valence-electron chi connectivity index (χ1n) is 18.5. The van der Waals surface area contributed by atoms with E-state index in [0.717, 1.165) is 59.0 Å². The molecule has 3 N–H and O–H groups in total. The van der Waals surface area contributed by atoms with Crippen LogP contribution in [-0.2, 0) is 32.0 Å². The molecule has 3 aliphatic rings. The summed E-state index contributed by atoms with van der Waals surface area (Å²) in [6.45, 7) is 1.18. The highest BCUT2D eigenvalue weighted by Gasteiger charge is 2.36. The average Bonchev–Trinajstić information content (AvgIpc) is 3.52. The maximum atomic E-state index is 13.5. The van der Waals surface area contributed by atoms with Gasteiger partial charge in [0.2, 0.25) is 23.6 Å². The van der Waals surface area contributed by atoms with Crippen LogP contribution in [0.1, 0.15) is 61.1 Å². The van der Waals surface area contributed by atoms with E-state index < -0.39 is 12.1 Å². The van der Waals surface area contributed by atoms with Crippen molar-refractivity contribution in [2.75, 3.05) is 23.7 Å². The zero-order chi connectivity index (χ0) is 35.6. The Morgan fingerprint density at radius 2 is 1.13 bits per heavy atom. The number of hydrogen-bond acceptors (Lipinski definition) is 4. The van der Waals surface area contributed by atoms with Gasteiger partial charge in [-0.1, -0.05) is 72.8 Å². The van der Waals surface area contributed by atoms with Crippen molar-refractivity contribution in [3.8, 4) is 11.3 Å². The molecule has 2 atom stereocenters. The van der Waals surface area contributed by atoms with E-state index in [1.165, 1.54) is 5.56 Å². The van der Waals surface area contributed by atoms with Crippen LogP contribution in [0.15, 0.2) is 103 Å². The van der Waals surface area contributed by atoms with Gasteiger partial charge in [-0.05, 0) is 97.0 Å². The van der Waals surface area contributed by atoms with E-state index in [9.17, 15) is 19.2 Å². The maximum absolute atomic E-state index is 13.5. The number of amides is 4. The van der Waals surface area contributed by atoms with Gasteiger partial charge >= 0.3 is 0 Å². The summed E-state index contributed by atoms with van der Waals surface area (Å²) in [7, 11) is 0. The number of benzene rings is 4. The third kappa shape index (κ3) is 7.08. The number of anilines is 2. The number of carbonyl (C=O) groups is 4. The summed E-state index contributed by atoms with van der Waals surface area (Å²) in [6.07, 6.45) is 5.70. The zero-order valence-electron chi connectivity index (χ0n) is 29.1. The Labute approximate surface area is 303 Å². The highest BCUT2D eigenvalue weighted by atomic mass is 16.2. The number of nitrogens with one attached hydrogen (secondary N) is 3. The first-order chi connectivity index (χ1) is 25.4. The van der Waals surface area contributed by atoms with Crippen molar-refractivity contribution in [1.82, 2.24) is 14.8 Å². The number of nitrogens with zero attached hydrogens (tertiary/aromatic N) is 2. The quantitative estimate of drug-likeness (QED) is 0.145. The molecule has 1 saturated carbocycles. The molecule has 0 unspecified atom stereocenters. The summed E-state index contributed by atoms with van der Waals surface area (Å²) >= 11 is 0. The van der Waals surface area contributed by atoms with Gasteiger partial charge in [-0.15, -0.1) is 0 Å². The molecule has 4 aromatic carbocycles. The minimum absolute atomic E-state index is 0.0226. The summed E-state index contributed by atoms with van der Waals surface area (Å²) in [6, 6.07) is 32.2. The standard InChI is InChI=1S/C43H43N5O4/c49-38(25-28-9-3-1-4-10-28)47-23-7-13-36(47)42(51)44-32-19-17-31(18-20-32)41-40(30-15-16-30)34-27-33(21-22-35(34)46-41)45-43(52)37-14-8-24-48(37)39(50)26-29-11-5-2-6-12-29/h1-6,9-12,17-22,27,30,36-37,46H,7-8,13-16,23-26H2,(H,44,51)(H,45,52)/t36-,37-/m0/s1. The van der Waals surface area contributed by atoms with E-state index in [0.29, 0.717) is 43.2 Å². The molecule has 264 valence electrons. The molecule has 3 heterocycles. The normalized spacial score (nSPS) is 18.5. The molecule has 0 spiro atoms. The molecule has 1 aliphatic carbocycles. The highest BCUT2D eigenvalue weighted by Crippen LogP contribution is 2.48. The van der Waals surface area contributed by atoms with Crippen LogP contribution < -0.4 is 10.6 Å². The molecule has 5 aromatic rings. The minimum Gasteiger partial charge on any atom is -0.354 e. The molecule has 0 bridgehead atoms. The number of H-pyrrole nitrogens is 1. The fourth-order valence-corrected chi connectivity index (χ4v) is 7.91. The predicted molar refractivity (Wildman–Crippen MR) is 203 cm³/mol. The second-order valence-electron chi connectivity index (χ2n) is 14.3. The van der Waals surface area contributed by atoms with E-state index in [-0.39, 0.29) is 36.5 Å². The summed E-state index contributed by atoms with van der Waals surface area (Å²) in [5, 5.41) is 7.25. The largest absolute Gasteiger partial charge is 0.354 e. The molecule has 52 heavy (non-hydrogen) atoms. The van der Waals surface area contributed by atoms with Crippen LogP contribution in [-0.4, -0.2) is 63.6 Å². The minimum atomic E-state index is -0.484. The van der Waals surface area contributed by atoms with E-state index >= 15 is 0 Å². The van der Waals surface area contributed by atoms with Crippen molar-refractivity contribution < 1.29 is 19.2 Å². The Hall–Kier alpha value is -5.70. The second kappa shape index (κ2) is 14.5. The van der Waals surface area contributed by atoms with Gasteiger partial charge in [0.25, 0.3) is 0 Å². The number of aromatic amines is 1. The monoisotopic (exact) mass is 693 g/mol. The van der Waals surface area contributed by atoms with Gasteiger partial charge in [0.15, 0.2) is 0 Å². The molecule has 9 nitrogen and oxygen atoms in total. The van der Waals surface area contributed by atoms with Crippen molar-refractivity contribution >= 4 is 45.9 Å². The molecule has 3 fully saturated rings. The van der Waals surface area contributed by atoms with Gasteiger partial charge in [-0.2, -0.15) is 0 Å². The van der Waals surface area contributed by atoms with E-state index in [2.05, 4.69) is 15.6 Å². The van der Waals surface area contributed by atoms with Gasteiger partial charge in [-0.3, -0.25) is 19.2 Å². The SMILES string of the molecule is O=C(Nc1ccc(-c2[nH]c3ccc(NC(=O)[C@@H]4CCCN4C(=O)Cc4ccccc4)cc3c2C2CC2)cc1)[C@@H]1CCCN1C(=O)Cc1ccccc1. The number of aromatic nitrogens is 1. The van der Waals surface area contributed by atoms with Crippen molar-refractivity contribution in [3.63, 3.8) is 0 Å². The number of fused-ring (bicyclic) bond motifs is 1. The molecule has 8 rings (SSSR count). The molecule has 2 saturated heterocycles. The predicted octanol–water partition coefficient (Wildman–Crippen LogP) is 7.06. The number of carbonyl (C=O) groups excluding carboxylic acids is 4. The Kier molecular flexibility index (Phi) is 9.33. The molecule has 0 radical (unpaired) electrons. The van der Waals surface area contributed by atoms with Crippen LogP contribution in [0.25, 0.3) is 22.2 Å². The van der Waals surface area contributed by atoms with Gasteiger partial charge in [0.05, 0.1) is 12.8 Å². The van der Waals surface area contributed by atoms with E-state index in [1.54, 1.807) is 9.80 Å². The lowest BCUT2D eigenvalue weighted by atomic mass is 10.0. The Bertz CT molecular complexity index is 2110. The average molecular weight is 694 g/mol. The van der Waals surface area contributed by atoms with Crippen molar-refractivity contribution in [2.24, 2.45) is 0 Å². The van der Waals surface area contributed by atoms with Crippen molar-refractivity contribution in [3.05, 3.63) is 120 Å². The van der Waals surface area contributed by atoms with Crippen LogP contribution >= 0.6 is 0 Å². The fraction of sp³-hybridized carbons (Fsp3) is 0.302. The Balaban J connectivity index is 0.948. The van der Waals surface area contributed by atoms with Gasteiger partial charge in [0, 0.05) is 41.1 Å². The Morgan fingerprint density at radius 3 is 1.67 bits per heavy atom. The zero-order valence-corrected chi connectivity index (χ0v) is 29.1. The molecule has 2 aliphatic heterocycles. The Morgan fingerprint density at radius 1 is 0.615 bits per heavy atom. The molecular formula is C43H43N5O4. The lowest BCUT2D eigenvalue weighted by Crippen LogP contribution is -2.43. The van der Waals surface area contributed by atoms with E-state index in [4.69, 9.17) is 0 Å². The van der Waals surface area contributed by atoms with Crippen molar-refractivity contribution in [2.45, 2.75) is 69.4 Å². The fourth-order valence-electron chi connectivity index (χ4n) is 7.91. The third-order valence-electron chi connectivity index (χ3n) is 10.7. The first-order valence-corrected chi connectivity index (χ1v) is 18.5. The van der Waals surface area contributed by atoms with Gasteiger partial charge < -0.3 is 25.4 Å². The van der Waals surface area contributed by atoms with Crippen LogP contribution in [0, 0.1) is 0 Å². The third-order valence-corrected chi connectivity index (χ3v) is 10.7. The molecule has 9 heteroatoms. The summed E-state index contributed by atoms with van der Waals surface area (Å²) in [5.74, 6) is 0.0675. The van der Waals surface area contributed by atoms with Crippen molar-refractivity contribution in [1.29, 1.82) is 0 Å². The lowest BCUT2D eigenvalue weighted by Gasteiger charge is -2.24. The van der Waals surface area contributed by atoms with Crippen LogP contribution in [0.5, 0.6) is 0 Å². The molecule has 1 aromatic heterocycles. The first kappa shape index (κ1) is 33.4. The van der Waals surface area contributed by atoms with Crippen LogP contribution in [0.2, 0.25) is 0 Å². The van der Waals surface area contributed by atoms with Gasteiger partial charge in [-0.25, -0.2) is 0 Å². The maximum Gasteiger partial charge on any atom is 0.247 e. The molecule has 4 amide bonds. The van der Waals surface area contributed by atoms with Gasteiger partial charge in [0.1, 0.15) is 12.1 Å². The lowest BCUT2D eigenvalue weighted by molar-refractivity contribution is -0.136. The van der Waals surface area contributed by atoms with Crippen LogP contribution in [0.4, 0.5) is 11.4 Å². The van der Waals surface area contributed by atoms with E-state index in [1.807, 2.05) is 103 Å². The van der Waals surface area contributed by atoms with Crippen LogP contribution in [0.3, 0.4) is 0 Å². The number of rotatable bonds is 10. The summed E-state index contributed by atoms with van der Waals surface area (Å²) in [4.78, 5) is 60.2. The number of likely N-dealkylation sites (tertiary alicyclic amines) is 2. The smallest absolute Gasteiger partial charge is 0.247 e. The summed E-state index contributed by atoms with van der Waals surface area (Å²) < 4.78 is 0. The second-order valence-corrected chi connectivity index (χ2v) is 14.3. The highest BCUT2D eigenvalue weighted by molar-refractivity contribution is 6.01.